The lowest BCUT2D eigenvalue weighted by Crippen LogP contribution is -2.32. The average Bonchev–Trinajstić information content (AvgIpc) is 2.28. The van der Waals surface area contributed by atoms with E-state index in [1.807, 2.05) is 44.2 Å². The number of rotatable bonds is 7. The van der Waals surface area contributed by atoms with Crippen molar-refractivity contribution in [3.63, 3.8) is 0 Å². The molecule has 0 radical (unpaired) electrons. The van der Waals surface area contributed by atoms with E-state index in [4.69, 9.17) is 9.84 Å². The van der Waals surface area contributed by atoms with Gasteiger partial charge in [0.1, 0.15) is 0 Å². The van der Waals surface area contributed by atoms with Crippen LogP contribution in [0.5, 0.6) is 0 Å². The Morgan fingerprint density at radius 2 is 1.74 bits per heavy atom. The van der Waals surface area contributed by atoms with E-state index in [0.717, 1.165) is 5.56 Å². The molecule has 0 heterocycles. The van der Waals surface area contributed by atoms with Gasteiger partial charge >= 0.3 is 5.97 Å². The smallest absolute Gasteiger partial charge is 0.309 e. The second-order valence-electron chi connectivity index (χ2n) is 6.51. The van der Waals surface area contributed by atoms with Crippen LogP contribution in [0.3, 0.4) is 0 Å². The molecule has 0 atom stereocenters. The maximum atomic E-state index is 11.2. The maximum Gasteiger partial charge on any atom is 0.309 e. The van der Waals surface area contributed by atoms with Crippen LogP contribution >= 0.6 is 0 Å². The Balaban J connectivity index is 2.45. The molecule has 0 aromatic heterocycles. The van der Waals surface area contributed by atoms with Crippen LogP contribution in [0, 0.1) is 10.8 Å². The molecule has 0 fully saturated rings. The van der Waals surface area contributed by atoms with Gasteiger partial charge in [-0.1, -0.05) is 44.2 Å². The lowest BCUT2D eigenvalue weighted by Gasteiger charge is -2.31. The highest BCUT2D eigenvalue weighted by molar-refractivity contribution is 5.73. The summed E-state index contributed by atoms with van der Waals surface area (Å²) < 4.78 is 5.72. The van der Waals surface area contributed by atoms with Crippen molar-refractivity contribution in [1.29, 1.82) is 0 Å². The van der Waals surface area contributed by atoms with Crippen LogP contribution in [-0.2, 0) is 16.1 Å². The van der Waals surface area contributed by atoms with Gasteiger partial charge in [-0.25, -0.2) is 0 Å². The third kappa shape index (κ3) is 5.43. The Hall–Kier alpha value is -1.35. The molecule has 1 N–H and O–H groups in total. The number of aliphatic carboxylic acids is 1. The van der Waals surface area contributed by atoms with E-state index in [1.54, 1.807) is 13.8 Å². The van der Waals surface area contributed by atoms with Crippen LogP contribution in [0.2, 0.25) is 0 Å². The second-order valence-corrected chi connectivity index (χ2v) is 6.51. The van der Waals surface area contributed by atoms with Crippen molar-refractivity contribution < 1.29 is 14.6 Å². The topological polar surface area (TPSA) is 46.5 Å². The van der Waals surface area contributed by atoms with Gasteiger partial charge in [0.05, 0.1) is 18.6 Å². The molecule has 0 aliphatic carbocycles. The molecule has 0 saturated heterocycles. The number of ether oxygens (including phenoxy) is 1. The van der Waals surface area contributed by atoms with E-state index < -0.39 is 11.4 Å². The number of carboxylic acid groups (broad SMARTS) is 1. The molecule has 19 heavy (non-hydrogen) atoms. The molecule has 0 aliphatic heterocycles. The first-order chi connectivity index (χ1) is 8.73. The minimum Gasteiger partial charge on any atom is -0.481 e. The Bertz CT molecular complexity index is 407. The van der Waals surface area contributed by atoms with Crippen molar-refractivity contribution in [1.82, 2.24) is 0 Å². The van der Waals surface area contributed by atoms with Crippen LogP contribution in [-0.4, -0.2) is 17.7 Å². The predicted octanol–water partition coefficient (Wildman–Crippen LogP) is 3.73. The summed E-state index contributed by atoms with van der Waals surface area (Å²) in [4.78, 5) is 11.2. The summed E-state index contributed by atoms with van der Waals surface area (Å²) in [5.41, 5.74) is 0.256. The van der Waals surface area contributed by atoms with Crippen LogP contribution < -0.4 is 0 Å². The summed E-state index contributed by atoms with van der Waals surface area (Å²) in [5, 5.41) is 9.17. The summed E-state index contributed by atoms with van der Waals surface area (Å²) in [5.74, 6) is -0.761. The largest absolute Gasteiger partial charge is 0.481 e. The first-order valence-corrected chi connectivity index (χ1v) is 6.58. The fourth-order valence-electron chi connectivity index (χ4n) is 2.34. The van der Waals surface area contributed by atoms with Crippen molar-refractivity contribution in [3.8, 4) is 0 Å². The van der Waals surface area contributed by atoms with Gasteiger partial charge in [0.2, 0.25) is 0 Å². The van der Waals surface area contributed by atoms with E-state index in [2.05, 4.69) is 0 Å². The number of carboxylic acids is 1. The minimum absolute atomic E-state index is 0.156. The van der Waals surface area contributed by atoms with E-state index in [-0.39, 0.29) is 5.41 Å². The highest BCUT2D eigenvalue weighted by Crippen LogP contribution is 2.34. The highest BCUT2D eigenvalue weighted by atomic mass is 16.5. The van der Waals surface area contributed by atoms with Crippen molar-refractivity contribution in [2.75, 3.05) is 6.61 Å². The van der Waals surface area contributed by atoms with E-state index in [1.165, 1.54) is 0 Å². The van der Waals surface area contributed by atoms with Gasteiger partial charge in [-0.15, -0.1) is 0 Å². The number of hydrogen-bond acceptors (Lipinski definition) is 2. The van der Waals surface area contributed by atoms with Gasteiger partial charge in [0.25, 0.3) is 0 Å². The Kier molecular flexibility index (Phi) is 5.12. The second kappa shape index (κ2) is 6.20. The van der Waals surface area contributed by atoms with Crippen LogP contribution in [0.15, 0.2) is 30.3 Å². The van der Waals surface area contributed by atoms with Gasteiger partial charge in [0.15, 0.2) is 0 Å². The van der Waals surface area contributed by atoms with Crippen molar-refractivity contribution >= 4 is 5.97 Å². The SMILES string of the molecule is CC(C)(COCc1ccccc1)CC(C)(C)C(=O)O. The Morgan fingerprint density at radius 1 is 1.16 bits per heavy atom. The molecule has 0 unspecified atom stereocenters. The Morgan fingerprint density at radius 3 is 2.26 bits per heavy atom. The van der Waals surface area contributed by atoms with Gasteiger partial charge < -0.3 is 9.84 Å². The van der Waals surface area contributed by atoms with Crippen molar-refractivity contribution in [3.05, 3.63) is 35.9 Å². The molecule has 0 saturated carbocycles. The van der Waals surface area contributed by atoms with Crippen LogP contribution in [0.1, 0.15) is 39.7 Å². The minimum atomic E-state index is -0.761. The molecule has 3 heteroatoms. The van der Waals surface area contributed by atoms with Gasteiger partial charge in [-0.2, -0.15) is 0 Å². The lowest BCUT2D eigenvalue weighted by atomic mass is 9.75. The predicted molar refractivity (Wildman–Crippen MR) is 75.9 cm³/mol. The molecule has 0 spiro atoms. The zero-order valence-electron chi connectivity index (χ0n) is 12.3. The number of benzene rings is 1. The van der Waals surface area contributed by atoms with Gasteiger partial charge in [-0.05, 0) is 31.2 Å². The highest BCUT2D eigenvalue weighted by Gasteiger charge is 2.34. The number of carbonyl (C=O) groups is 1. The third-order valence-corrected chi connectivity index (χ3v) is 3.10. The monoisotopic (exact) mass is 264 g/mol. The van der Waals surface area contributed by atoms with Crippen molar-refractivity contribution in [2.24, 2.45) is 10.8 Å². The summed E-state index contributed by atoms with van der Waals surface area (Å²) in [7, 11) is 0. The first kappa shape index (κ1) is 15.7. The summed E-state index contributed by atoms with van der Waals surface area (Å²) in [6.45, 7) is 8.73. The molecule has 1 rings (SSSR count). The summed E-state index contributed by atoms with van der Waals surface area (Å²) in [6.07, 6.45) is 0.587. The molecule has 3 nitrogen and oxygen atoms in total. The molecule has 0 bridgehead atoms. The number of hydrogen-bond donors (Lipinski definition) is 1. The standard InChI is InChI=1S/C16H24O3/c1-15(2,11-16(3,4)14(17)18)12-19-10-13-8-6-5-7-9-13/h5-9H,10-12H2,1-4H3,(H,17,18). The maximum absolute atomic E-state index is 11.2. The van der Waals surface area contributed by atoms with E-state index in [9.17, 15) is 4.79 Å². The normalized spacial score (nSPS) is 12.4. The molecule has 106 valence electrons. The first-order valence-electron chi connectivity index (χ1n) is 6.58. The Labute approximate surface area is 115 Å². The molecular weight excluding hydrogens is 240 g/mol. The van der Waals surface area contributed by atoms with E-state index in [0.29, 0.717) is 19.6 Å². The fourth-order valence-corrected chi connectivity index (χ4v) is 2.34. The average molecular weight is 264 g/mol. The van der Waals surface area contributed by atoms with Crippen molar-refractivity contribution in [2.45, 2.75) is 40.7 Å². The third-order valence-electron chi connectivity index (χ3n) is 3.10. The quantitative estimate of drug-likeness (QED) is 0.816. The molecule has 1 aromatic carbocycles. The lowest BCUT2D eigenvalue weighted by molar-refractivity contribution is -0.149. The molecular formula is C16H24O3. The fraction of sp³-hybridized carbons (Fsp3) is 0.562. The van der Waals surface area contributed by atoms with Crippen LogP contribution in [0.4, 0.5) is 0 Å². The summed E-state index contributed by atoms with van der Waals surface area (Å²) in [6, 6.07) is 9.99. The summed E-state index contributed by atoms with van der Waals surface area (Å²) >= 11 is 0. The molecule has 0 aliphatic rings. The zero-order chi connectivity index (χ0) is 14.5. The van der Waals surface area contributed by atoms with Gasteiger partial charge in [0, 0.05) is 0 Å². The van der Waals surface area contributed by atoms with Gasteiger partial charge in [-0.3, -0.25) is 4.79 Å². The molecule has 1 aromatic rings. The molecule has 0 amide bonds. The zero-order valence-corrected chi connectivity index (χ0v) is 12.3. The van der Waals surface area contributed by atoms with Crippen LogP contribution in [0.25, 0.3) is 0 Å². The van der Waals surface area contributed by atoms with E-state index >= 15 is 0 Å².